The molecule has 1 saturated heterocycles. The highest BCUT2D eigenvalue weighted by atomic mass is 32.1. The number of thiophene rings is 1. The molecular weight excluding hydrogens is 350 g/mol. The van der Waals surface area contributed by atoms with Gasteiger partial charge in [-0.2, -0.15) is 0 Å². The minimum Gasteiger partial charge on any atom is -0.395 e. The summed E-state index contributed by atoms with van der Waals surface area (Å²) in [5.74, 6) is 2.07. The van der Waals surface area contributed by atoms with Gasteiger partial charge in [0, 0.05) is 12.1 Å². The number of aromatic nitrogens is 3. The van der Waals surface area contributed by atoms with Gasteiger partial charge in [-0.05, 0) is 24.8 Å². The van der Waals surface area contributed by atoms with Gasteiger partial charge < -0.3 is 15.2 Å². The molecular formula is C18H22N5O2S+. The average Bonchev–Trinajstić information content (AvgIpc) is 3.30. The number of fused-ring (bicyclic) bond motifs is 5. The van der Waals surface area contributed by atoms with E-state index in [1.807, 2.05) is 0 Å². The van der Waals surface area contributed by atoms with Crippen molar-refractivity contribution in [1.29, 1.82) is 0 Å². The topological polar surface area (TPSA) is 84.7 Å². The molecule has 2 aliphatic rings. The van der Waals surface area contributed by atoms with Crippen LogP contribution in [0.1, 0.15) is 17.5 Å². The number of H-pyrrole nitrogens is 1. The molecule has 0 atom stereocenters. The van der Waals surface area contributed by atoms with E-state index in [9.17, 15) is 0 Å². The largest absolute Gasteiger partial charge is 0.395 e. The second kappa shape index (κ2) is 6.61. The van der Waals surface area contributed by atoms with Crippen molar-refractivity contribution >= 4 is 43.4 Å². The summed E-state index contributed by atoms with van der Waals surface area (Å²) in [5, 5.41) is 13.6. The highest BCUT2D eigenvalue weighted by molar-refractivity contribution is 7.25. The number of pyridine rings is 1. The van der Waals surface area contributed by atoms with Crippen LogP contribution in [-0.4, -0.2) is 54.5 Å². The summed E-state index contributed by atoms with van der Waals surface area (Å²) >= 11 is 1.70. The van der Waals surface area contributed by atoms with E-state index in [1.54, 1.807) is 17.7 Å². The first-order valence-electron chi connectivity index (χ1n) is 9.18. The Morgan fingerprint density at radius 1 is 1.23 bits per heavy atom. The molecule has 3 N–H and O–H groups in total. The third-order valence-corrected chi connectivity index (χ3v) is 6.34. The Morgan fingerprint density at radius 2 is 2.08 bits per heavy atom. The normalized spacial score (nSPS) is 17.2. The third kappa shape index (κ3) is 2.52. The number of hydrogen-bond acceptors (Lipinski definition) is 7. The van der Waals surface area contributed by atoms with E-state index in [4.69, 9.17) is 9.84 Å². The van der Waals surface area contributed by atoms with Gasteiger partial charge in [-0.1, -0.05) is 11.3 Å². The van der Waals surface area contributed by atoms with Crippen LogP contribution >= 0.6 is 11.3 Å². The highest BCUT2D eigenvalue weighted by Gasteiger charge is 2.31. The Labute approximate surface area is 155 Å². The molecule has 0 radical (unpaired) electrons. The third-order valence-electron chi connectivity index (χ3n) is 5.24. The molecule has 4 heterocycles. The fourth-order valence-electron chi connectivity index (χ4n) is 4.10. The van der Waals surface area contributed by atoms with Crippen LogP contribution in [-0.2, 0) is 17.6 Å². The zero-order chi connectivity index (χ0) is 17.5. The zero-order valence-electron chi connectivity index (χ0n) is 14.5. The molecule has 5 rings (SSSR count). The maximum absolute atomic E-state index is 9.12. The highest BCUT2D eigenvalue weighted by Crippen LogP contribution is 2.41. The Bertz CT molecular complexity index is 967. The van der Waals surface area contributed by atoms with Crippen LogP contribution in [0.3, 0.4) is 0 Å². The van der Waals surface area contributed by atoms with Crippen LogP contribution in [0.25, 0.3) is 20.4 Å². The smallest absolute Gasteiger partial charge is 0.279 e. The quantitative estimate of drug-likeness (QED) is 0.720. The minimum atomic E-state index is 0.0824. The van der Waals surface area contributed by atoms with E-state index in [1.165, 1.54) is 28.8 Å². The van der Waals surface area contributed by atoms with Gasteiger partial charge in [0.1, 0.15) is 29.9 Å². The number of aliphatic hydroxyl groups excluding tert-OH is 1. The number of nitrogens with zero attached hydrogens (tertiary/aromatic N) is 3. The van der Waals surface area contributed by atoms with E-state index in [-0.39, 0.29) is 6.61 Å². The molecule has 0 bridgehead atoms. The van der Waals surface area contributed by atoms with E-state index in [2.05, 4.69) is 25.2 Å². The van der Waals surface area contributed by atoms with Crippen molar-refractivity contribution in [2.45, 2.75) is 19.3 Å². The van der Waals surface area contributed by atoms with Crippen molar-refractivity contribution in [2.24, 2.45) is 0 Å². The Kier molecular flexibility index (Phi) is 4.11. The van der Waals surface area contributed by atoms with Crippen LogP contribution < -0.4 is 15.2 Å². The number of hydrogen-bond donors (Lipinski definition) is 2. The van der Waals surface area contributed by atoms with Crippen LogP contribution in [0.4, 0.5) is 11.6 Å². The van der Waals surface area contributed by atoms with Crippen LogP contribution in [0.15, 0.2) is 6.33 Å². The van der Waals surface area contributed by atoms with Gasteiger partial charge >= 0.3 is 0 Å². The maximum Gasteiger partial charge on any atom is 0.279 e. The lowest BCUT2D eigenvalue weighted by atomic mass is 10.1. The first-order valence-corrected chi connectivity index (χ1v) is 10.00. The van der Waals surface area contributed by atoms with Crippen LogP contribution in [0.2, 0.25) is 0 Å². The van der Waals surface area contributed by atoms with Gasteiger partial charge in [0.05, 0.1) is 30.7 Å². The second-order valence-electron chi connectivity index (χ2n) is 6.74. The van der Waals surface area contributed by atoms with Crippen molar-refractivity contribution in [3.63, 3.8) is 0 Å². The van der Waals surface area contributed by atoms with Crippen molar-refractivity contribution in [1.82, 2.24) is 9.97 Å². The molecule has 1 aliphatic heterocycles. The monoisotopic (exact) mass is 372 g/mol. The molecule has 1 aliphatic carbocycles. The Hall–Kier alpha value is -2.03. The lowest BCUT2D eigenvalue weighted by molar-refractivity contribution is -0.328. The van der Waals surface area contributed by atoms with Crippen LogP contribution in [0.5, 0.6) is 0 Å². The van der Waals surface area contributed by atoms with E-state index in [0.717, 1.165) is 60.0 Å². The maximum atomic E-state index is 9.12. The SMILES string of the molecule is OCCNc1ncnc2c1sc1[nH+]c(N3CCOCC3)c3c(c12)CCC3. The number of aliphatic hydroxyl groups is 1. The summed E-state index contributed by atoms with van der Waals surface area (Å²) in [4.78, 5) is 16.3. The van der Waals surface area contributed by atoms with Crippen molar-refractivity contribution in [3.05, 3.63) is 17.5 Å². The lowest BCUT2D eigenvalue weighted by Gasteiger charge is -2.23. The summed E-state index contributed by atoms with van der Waals surface area (Å²) in [5.41, 5.74) is 3.91. The van der Waals surface area contributed by atoms with E-state index >= 15 is 0 Å². The summed E-state index contributed by atoms with van der Waals surface area (Å²) in [7, 11) is 0. The van der Waals surface area contributed by atoms with Crippen molar-refractivity contribution in [3.8, 4) is 0 Å². The summed E-state index contributed by atoms with van der Waals surface area (Å²) in [6.07, 6.45) is 5.03. The summed E-state index contributed by atoms with van der Waals surface area (Å²) < 4.78 is 6.59. The molecule has 0 aromatic carbocycles. The molecule has 3 aromatic rings. The predicted octanol–water partition coefficient (Wildman–Crippen LogP) is 1.39. The number of morpholine rings is 1. The molecule has 0 amide bonds. The molecule has 0 saturated carbocycles. The molecule has 3 aromatic heterocycles. The molecule has 1 fully saturated rings. The second-order valence-corrected chi connectivity index (χ2v) is 7.76. The summed E-state index contributed by atoms with van der Waals surface area (Å²) in [6, 6.07) is 0. The first-order chi connectivity index (χ1) is 12.9. The van der Waals surface area contributed by atoms with E-state index in [0.29, 0.717) is 6.54 Å². The van der Waals surface area contributed by atoms with Gasteiger partial charge in [0.15, 0.2) is 4.83 Å². The number of aromatic amines is 1. The fraction of sp³-hybridized carbons (Fsp3) is 0.500. The lowest BCUT2D eigenvalue weighted by Crippen LogP contribution is -2.40. The van der Waals surface area contributed by atoms with Gasteiger partial charge in [0.2, 0.25) is 0 Å². The Balaban J connectivity index is 1.72. The van der Waals surface area contributed by atoms with Crippen molar-refractivity contribution < 1.29 is 14.8 Å². The molecule has 0 unspecified atom stereocenters. The van der Waals surface area contributed by atoms with E-state index < -0.39 is 0 Å². The average molecular weight is 372 g/mol. The van der Waals surface area contributed by atoms with Gasteiger partial charge in [-0.3, -0.25) is 4.90 Å². The minimum absolute atomic E-state index is 0.0824. The molecule has 0 spiro atoms. The summed E-state index contributed by atoms with van der Waals surface area (Å²) in [6.45, 7) is 4.01. The van der Waals surface area contributed by atoms with Crippen molar-refractivity contribution in [2.75, 3.05) is 49.7 Å². The van der Waals surface area contributed by atoms with Gasteiger partial charge in [0.25, 0.3) is 5.82 Å². The number of rotatable bonds is 4. The number of nitrogens with one attached hydrogen (secondary N) is 2. The Morgan fingerprint density at radius 3 is 2.92 bits per heavy atom. The predicted molar refractivity (Wildman–Crippen MR) is 102 cm³/mol. The van der Waals surface area contributed by atoms with Gasteiger partial charge in [-0.15, -0.1) is 0 Å². The molecule has 7 nitrogen and oxygen atoms in total. The molecule has 26 heavy (non-hydrogen) atoms. The number of aryl methyl sites for hydroxylation is 1. The van der Waals surface area contributed by atoms with Gasteiger partial charge in [-0.25, -0.2) is 15.0 Å². The first kappa shape index (κ1) is 16.2. The molecule has 136 valence electrons. The zero-order valence-corrected chi connectivity index (χ0v) is 15.4. The van der Waals surface area contributed by atoms with Crippen LogP contribution in [0, 0.1) is 0 Å². The number of anilines is 2. The number of ether oxygens (including phenoxy) is 1. The fourth-order valence-corrected chi connectivity index (χ4v) is 5.24. The standard InChI is InChI=1S/C18H21N5O2S/c24-7-4-19-16-15-14(20-10-21-16)13-11-2-1-3-12(11)17(22-18(13)26-15)23-5-8-25-9-6-23/h10,24H,1-9H2,(H,19,20,21)/p+1. The molecule has 8 heteroatoms.